The molecule has 1 saturated heterocycles. The summed E-state index contributed by atoms with van der Waals surface area (Å²) in [6.45, 7) is 7.43. The van der Waals surface area contributed by atoms with E-state index in [-0.39, 0.29) is 5.54 Å². The van der Waals surface area contributed by atoms with Crippen molar-refractivity contribution in [3.8, 4) is 11.5 Å². The zero-order chi connectivity index (χ0) is 14.0. The van der Waals surface area contributed by atoms with E-state index >= 15 is 0 Å². The molecule has 2 N–H and O–H groups in total. The van der Waals surface area contributed by atoms with E-state index in [1.807, 2.05) is 19.1 Å². The monoisotopic (exact) mass is 264 g/mol. The van der Waals surface area contributed by atoms with Crippen molar-refractivity contribution < 1.29 is 9.47 Å². The van der Waals surface area contributed by atoms with Crippen LogP contribution in [0.15, 0.2) is 12.1 Å². The molecule has 1 atom stereocenters. The normalized spacial score (nSPS) is 21.2. The average molecular weight is 264 g/mol. The smallest absolute Gasteiger partial charge is 0.142 e. The zero-order valence-corrected chi connectivity index (χ0v) is 12.5. The summed E-state index contributed by atoms with van der Waals surface area (Å²) in [6, 6.07) is 4.44. The molecule has 1 unspecified atom stereocenters. The fraction of sp³-hybridized carbons (Fsp3) is 0.600. The van der Waals surface area contributed by atoms with Crippen LogP contribution in [0.1, 0.15) is 25.8 Å². The maximum Gasteiger partial charge on any atom is 0.142 e. The predicted octanol–water partition coefficient (Wildman–Crippen LogP) is 2.56. The molecule has 1 heterocycles. The van der Waals surface area contributed by atoms with Gasteiger partial charge in [0.2, 0.25) is 0 Å². The lowest BCUT2D eigenvalue weighted by atomic mass is 10.0. The molecule has 4 heteroatoms. The Kier molecular flexibility index (Phi) is 3.90. The highest BCUT2D eigenvalue weighted by Crippen LogP contribution is 2.34. The third-order valence-corrected chi connectivity index (χ3v) is 3.66. The highest BCUT2D eigenvalue weighted by Gasteiger charge is 2.30. The summed E-state index contributed by atoms with van der Waals surface area (Å²) >= 11 is 0. The molecule has 1 aromatic rings. The number of rotatable bonds is 4. The Morgan fingerprint density at radius 3 is 2.42 bits per heavy atom. The van der Waals surface area contributed by atoms with Crippen molar-refractivity contribution in [3.05, 3.63) is 17.7 Å². The van der Waals surface area contributed by atoms with Crippen LogP contribution < -0.4 is 20.1 Å². The van der Waals surface area contributed by atoms with Crippen LogP contribution in [0.2, 0.25) is 0 Å². The minimum absolute atomic E-state index is 0.194. The third kappa shape index (κ3) is 3.13. The second kappa shape index (κ2) is 5.29. The van der Waals surface area contributed by atoms with E-state index in [9.17, 15) is 0 Å². The molecular formula is C15H24N2O2. The first kappa shape index (κ1) is 14.0. The molecule has 0 aromatic heterocycles. The lowest BCUT2D eigenvalue weighted by Gasteiger charge is -2.20. The van der Waals surface area contributed by atoms with Gasteiger partial charge in [-0.2, -0.15) is 0 Å². The number of methoxy groups -OCH3 is 2. The molecule has 1 aliphatic rings. The van der Waals surface area contributed by atoms with Gasteiger partial charge in [-0.05, 0) is 38.8 Å². The van der Waals surface area contributed by atoms with E-state index in [1.54, 1.807) is 14.2 Å². The van der Waals surface area contributed by atoms with Crippen molar-refractivity contribution in [1.82, 2.24) is 5.32 Å². The van der Waals surface area contributed by atoms with Gasteiger partial charge in [-0.25, -0.2) is 0 Å². The van der Waals surface area contributed by atoms with Crippen LogP contribution in [0.4, 0.5) is 5.69 Å². The van der Waals surface area contributed by atoms with Crippen LogP contribution >= 0.6 is 0 Å². The molecule has 1 aliphatic heterocycles. The quantitative estimate of drug-likeness (QED) is 0.877. The number of anilines is 1. The molecule has 0 saturated carbocycles. The summed E-state index contributed by atoms with van der Waals surface area (Å²) in [7, 11) is 3.39. The Morgan fingerprint density at radius 1 is 1.21 bits per heavy atom. The number of hydrogen-bond acceptors (Lipinski definition) is 4. The average Bonchev–Trinajstić information content (AvgIpc) is 2.70. The van der Waals surface area contributed by atoms with Gasteiger partial charge in [-0.1, -0.05) is 0 Å². The molecule has 4 nitrogen and oxygen atoms in total. The SMILES string of the molecule is COc1cc(NC2CNC(C)(C)C2)c(OC)cc1C. The van der Waals surface area contributed by atoms with Gasteiger partial charge in [-0.3, -0.25) is 0 Å². The largest absolute Gasteiger partial charge is 0.496 e. The Labute approximate surface area is 115 Å². The molecule has 1 fully saturated rings. The molecule has 0 amide bonds. The van der Waals surface area contributed by atoms with Crippen LogP contribution in [-0.2, 0) is 0 Å². The summed E-state index contributed by atoms with van der Waals surface area (Å²) in [5, 5.41) is 7.06. The van der Waals surface area contributed by atoms with Crippen molar-refractivity contribution in [2.75, 3.05) is 26.1 Å². The molecule has 0 spiro atoms. The first-order valence-electron chi connectivity index (χ1n) is 6.69. The molecule has 1 aromatic carbocycles. The number of ether oxygens (including phenoxy) is 2. The fourth-order valence-corrected chi connectivity index (χ4v) is 2.64. The first-order valence-corrected chi connectivity index (χ1v) is 6.69. The number of aryl methyl sites for hydroxylation is 1. The second-order valence-corrected chi connectivity index (χ2v) is 5.83. The predicted molar refractivity (Wildman–Crippen MR) is 78.4 cm³/mol. The van der Waals surface area contributed by atoms with Gasteiger partial charge in [0.1, 0.15) is 11.5 Å². The van der Waals surface area contributed by atoms with Crippen LogP contribution in [0.3, 0.4) is 0 Å². The minimum atomic E-state index is 0.194. The maximum atomic E-state index is 5.45. The molecule has 0 bridgehead atoms. The van der Waals surface area contributed by atoms with E-state index in [0.29, 0.717) is 6.04 Å². The lowest BCUT2D eigenvalue weighted by molar-refractivity contribution is 0.401. The van der Waals surface area contributed by atoms with E-state index in [1.165, 1.54) is 0 Å². The summed E-state index contributed by atoms with van der Waals surface area (Å²) in [6.07, 6.45) is 1.09. The van der Waals surface area contributed by atoms with Crippen LogP contribution in [0.25, 0.3) is 0 Å². The topological polar surface area (TPSA) is 42.5 Å². The highest BCUT2D eigenvalue weighted by molar-refractivity contribution is 5.62. The lowest BCUT2D eigenvalue weighted by Crippen LogP contribution is -2.31. The summed E-state index contributed by atoms with van der Waals surface area (Å²) in [5.41, 5.74) is 2.27. The van der Waals surface area contributed by atoms with Crippen LogP contribution in [-0.4, -0.2) is 32.3 Å². The highest BCUT2D eigenvalue weighted by atomic mass is 16.5. The van der Waals surface area contributed by atoms with Gasteiger partial charge >= 0.3 is 0 Å². The van der Waals surface area contributed by atoms with Gasteiger partial charge < -0.3 is 20.1 Å². The summed E-state index contributed by atoms with van der Waals surface area (Å²) in [5.74, 6) is 1.75. The zero-order valence-electron chi connectivity index (χ0n) is 12.5. The molecule has 0 radical (unpaired) electrons. The van der Waals surface area contributed by atoms with Gasteiger partial charge in [0.15, 0.2) is 0 Å². The van der Waals surface area contributed by atoms with E-state index in [4.69, 9.17) is 9.47 Å². The second-order valence-electron chi connectivity index (χ2n) is 5.83. The fourth-order valence-electron chi connectivity index (χ4n) is 2.64. The van der Waals surface area contributed by atoms with E-state index in [0.717, 1.165) is 35.7 Å². The van der Waals surface area contributed by atoms with Crippen molar-refractivity contribution in [2.24, 2.45) is 0 Å². The van der Waals surface area contributed by atoms with E-state index in [2.05, 4.69) is 24.5 Å². The van der Waals surface area contributed by atoms with Crippen molar-refractivity contribution in [2.45, 2.75) is 38.8 Å². The van der Waals surface area contributed by atoms with Gasteiger partial charge in [0, 0.05) is 24.2 Å². The number of benzene rings is 1. The summed E-state index contributed by atoms with van der Waals surface area (Å²) in [4.78, 5) is 0. The van der Waals surface area contributed by atoms with Gasteiger partial charge in [0.25, 0.3) is 0 Å². The number of nitrogens with one attached hydrogen (secondary N) is 2. The van der Waals surface area contributed by atoms with Gasteiger partial charge in [-0.15, -0.1) is 0 Å². The Bertz CT molecular complexity index is 458. The Balaban J connectivity index is 2.19. The van der Waals surface area contributed by atoms with Crippen molar-refractivity contribution >= 4 is 5.69 Å². The molecule has 0 aliphatic carbocycles. The Hall–Kier alpha value is -1.42. The first-order chi connectivity index (χ1) is 8.95. The Morgan fingerprint density at radius 2 is 1.89 bits per heavy atom. The van der Waals surface area contributed by atoms with Crippen molar-refractivity contribution in [1.29, 1.82) is 0 Å². The van der Waals surface area contributed by atoms with E-state index < -0.39 is 0 Å². The maximum absolute atomic E-state index is 5.45. The van der Waals surface area contributed by atoms with Crippen LogP contribution in [0, 0.1) is 6.92 Å². The molecular weight excluding hydrogens is 240 g/mol. The molecule has 2 rings (SSSR count). The minimum Gasteiger partial charge on any atom is -0.496 e. The molecule has 106 valence electrons. The van der Waals surface area contributed by atoms with Crippen LogP contribution in [0.5, 0.6) is 11.5 Å². The molecule has 19 heavy (non-hydrogen) atoms. The van der Waals surface area contributed by atoms with Gasteiger partial charge in [0.05, 0.1) is 19.9 Å². The van der Waals surface area contributed by atoms with Crippen molar-refractivity contribution in [3.63, 3.8) is 0 Å². The standard InChI is InChI=1S/C15H24N2O2/c1-10-6-14(19-5)12(7-13(10)18-4)17-11-8-15(2,3)16-9-11/h6-7,11,16-17H,8-9H2,1-5H3. The third-order valence-electron chi connectivity index (χ3n) is 3.66. The summed E-state index contributed by atoms with van der Waals surface area (Å²) < 4.78 is 10.8. The number of hydrogen-bond donors (Lipinski definition) is 2.